The Morgan fingerprint density at radius 1 is 1.39 bits per heavy atom. The lowest BCUT2D eigenvalue weighted by atomic mass is 10.3. The summed E-state index contributed by atoms with van der Waals surface area (Å²) in [6, 6.07) is 3.82. The number of carbonyl (C=O) groups is 1. The summed E-state index contributed by atoms with van der Waals surface area (Å²) >= 11 is 1.17. The number of carboxylic acid groups (broad SMARTS) is 1. The molecule has 0 saturated heterocycles. The standard InChI is InChI=1S/C11H12N4O2S/c1-8-13-14-11(18-7-10(16)17)15(8)6-9-2-4-12-5-3-9/h2-5H,6-7H2,1H3,(H,16,17). The molecule has 0 fully saturated rings. The molecule has 0 amide bonds. The van der Waals surface area contributed by atoms with Crippen molar-refractivity contribution in [1.82, 2.24) is 19.7 Å². The number of aliphatic carboxylic acids is 1. The van der Waals surface area contributed by atoms with Gasteiger partial charge in [0.15, 0.2) is 5.16 Å². The van der Waals surface area contributed by atoms with Crippen LogP contribution in [0.5, 0.6) is 0 Å². The zero-order valence-corrected chi connectivity index (χ0v) is 10.6. The van der Waals surface area contributed by atoms with Gasteiger partial charge in [-0.05, 0) is 24.6 Å². The van der Waals surface area contributed by atoms with Crippen molar-refractivity contribution in [3.63, 3.8) is 0 Å². The molecule has 0 saturated carbocycles. The molecule has 0 aliphatic carbocycles. The number of aromatic nitrogens is 4. The summed E-state index contributed by atoms with van der Waals surface area (Å²) in [7, 11) is 0. The molecule has 2 aromatic rings. The normalized spacial score (nSPS) is 10.5. The minimum Gasteiger partial charge on any atom is -0.481 e. The maximum Gasteiger partial charge on any atom is 0.313 e. The van der Waals surface area contributed by atoms with Crippen molar-refractivity contribution in [2.75, 3.05) is 5.75 Å². The maximum absolute atomic E-state index is 10.6. The fourth-order valence-electron chi connectivity index (χ4n) is 1.45. The highest BCUT2D eigenvalue weighted by Gasteiger charge is 2.11. The van der Waals surface area contributed by atoms with Crippen molar-refractivity contribution in [2.45, 2.75) is 18.6 Å². The molecule has 94 valence electrons. The second-order valence-electron chi connectivity index (χ2n) is 3.65. The first kappa shape index (κ1) is 12.6. The summed E-state index contributed by atoms with van der Waals surface area (Å²) in [4.78, 5) is 14.5. The fraction of sp³-hybridized carbons (Fsp3) is 0.273. The third-order valence-electron chi connectivity index (χ3n) is 2.32. The number of hydrogen-bond donors (Lipinski definition) is 1. The Morgan fingerprint density at radius 2 is 2.11 bits per heavy atom. The average molecular weight is 264 g/mol. The van der Waals surface area contributed by atoms with Gasteiger partial charge in [0.2, 0.25) is 0 Å². The van der Waals surface area contributed by atoms with E-state index in [0.29, 0.717) is 11.7 Å². The molecule has 6 nitrogen and oxygen atoms in total. The summed E-state index contributed by atoms with van der Waals surface area (Å²) < 4.78 is 1.89. The van der Waals surface area contributed by atoms with Gasteiger partial charge >= 0.3 is 5.97 Å². The van der Waals surface area contributed by atoms with Crippen molar-refractivity contribution in [3.8, 4) is 0 Å². The summed E-state index contributed by atoms with van der Waals surface area (Å²) in [6.45, 7) is 2.46. The number of hydrogen-bond acceptors (Lipinski definition) is 5. The molecular weight excluding hydrogens is 252 g/mol. The molecule has 1 N–H and O–H groups in total. The molecule has 2 rings (SSSR count). The van der Waals surface area contributed by atoms with E-state index in [1.807, 2.05) is 23.6 Å². The van der Waals surface area contributed by atoms with E-state index < -0.39 is 5.97 Å². The van der Waals surface area contributed by atoms with E-state index in [9.17, 15) is 4.79 Å². The first-order valence-electron chi connectivity index (χ1n) is 5.30. The number of thioether (sulfide) groups is 1. The van der Waals surface area contributed by atoms with Crippen LogP contribution in [0.1, 0.15) is 11.4 Å². The largest absolute Gasteiger partial charge is 0.481 e. The van der Waals surface area contributed by atoms with Crippen LogP contribution in [-0.2, 0) is 11.3 Å². The van der Waals surface area contributed by atoms with Gasteiger partial charge in [0.25, 0.3) is 0 Å². The van der Waals surface area contributed by atoms with Crippen LogP contribution in [0, 0.1) is 6.92 Å². The minimum absolute atomic E-state index is 0.0194. The van der Waals surface area contributed by atoms with Gasteiger partial charge in [-0.2, -0.15) is 0 Å². The van der Waals surface area contributed by atoms with E-state index >= 15 is 0 Å². The number of carboxylic acids is 1. The predicted molar refractivity (Wildman–Crippen MR) is 66.5 cm³/mol. The van der Waals surface area contributed by atoms with Gasteiger partial charge in [-0.15, -0.1) is 10.2 Å². The second kappa shape index (κ2) is 5.63. The molecular formula is C11H12N4O2S. The van der Waals surface area contributed by atoms with Crippen LogP contribution in [-0.4, -0.2) is 36.6 Å². The average Bonchev–Trinajstić information content (AvgIpc) is 2.70. The van der Waals surface area contributed by atoms with Crippen LogP contribution in [0.3, 0.4) is 0 Å². The Bertz CT molecular complexity index is 541. The summed E-state index contributed by atoms with van der Waals surface area (Å²) in [5, 5.41) is 17.2. The monoisotopic (exact) mass is 264 g/mol. The molecule has 7 heteroatoms. The Labute approximate surface area is 108 Å². The van der Waals surface area contributed by atoms with E-state index in [4.69, 9.17) is 5.11 Å². The molecule has 2 heterocycles. The number of aryl methyl sites for hydroxylation is 1. The quantitative estimate of drug-likeness (QED) is 0.817. The lowest BCUT2D eigenvalue weighted by Gasteiger charge is -2.07. The lowest BCUT2D eigenvalue weighted by Crippen LogP contribution is -2.06. The summed E-state index contributed by atoms with van der Waals surface area (Å²) in [5.74, 6) is -0.120. The first-order valence-corrected chi connectivity index (χ1v) is 6.28. The minimum atomic E-state index is -0.865. The van der Waals surface area contributed by atoms with Gasteiger partial charge < -0.3 is 9.67 Å². The topological polar surface area (TPSA) is 80.9 Å². The zero-order valence-electron chi connectivity index (χ0n) is 9.78. The van der Waals surface area contributed by atoms with Gasteiger partial charge in [0, 0.05) is 12.4 Å². The van der Waals surface area contributed by atoms with Crippen LogP contribution in [0.2, 0.25) is 0 Å². The molecule has 0 aromatic carbocycles. The van der Waals surface area contributed by atoms with E-state index in [0.717, 1.165) is 11.4 Å². The Balaban J connectivity index is 2.16. The molecule has 0 atom stereocenters. The van der Waals surface area contributed by atoms with E-state index in [1.54, 1.807) is 12.4 Å². The second-order valence-corrected chi connectivity index (χ2v) is 4.60. The number of pyridine rings is 1. The van der Waals surface area contributed by atoms with Crippen LogP contribution in [0.25, 0.3) is 0 Å². The maximum atomic E-state index is 10.6. The smallest absolute Gasteiger partial charge is 0.313 e. The Morgan fingerprint density at radius 3 is 2.78 bits per heavy atom. The highest BCUT2D eigenvalue weighted by Crippen LogP contribution is 2.17. The SMILES string of the molecule is Cc1nnc(SCC(=O)O)n1Cc1ccncc1. The highest BCUT2D eigenvalue weighted by molar-refractivity contribution is 7.99. The Hall–Kier alpha value is -1.89. The fourth-order valence-corrected chi connectivity index (χ4v) is 2.15. The van der Waals surface area contributed by atoms with Gasteiger partial charge in [-0.25, -0.2) is 0 Å². The molecule has 0 bridgehead atoms. The molecule has 0 radical (unpaired) electrons. The first-order chi connectivity index (χ1) is 8.66. The van der Waals surface area contributed by atoms with Gasteiger partial charge in [0.1, 0.15) is 5.82 Å². The van der Waals surface area contributed by atoms with Crippen molar-refractivity contribution in [1.29, 1.82) is 0 Å². The third kappa shape index (κ3) is 3.07. The van der Waals surface area contributed by atoms with Gasteiger partial charge in [-0.3, -0.25) is 9.78 Å². The molecule has 2 aromatic heterocycles. The van der Waals surface area contributed by atoms with Gasteiger partial charge in [-0.1, -0.05) is 11.8 Å². The van der Waals surface area contributed by atoms with Crippen molar-refractivity contribution >= 4 is 17.7 Å². The summed E-state index contributed by atoms with van der Waals surface area (Å²) in [6.07, 6.45) is 3.44. The molecule has 18 heavy (non-hydrogen) atoms. The number of nitrogens with zero attached hydrogens (tertiary/aromatic N) is 4. The van der Waals surface area contributed by atoms with Crippen molar-refractivity contribution in [2.24, 2.45) is 0 Å². The van der Waals surface area contributed by atoms with Crippen LogP contribution in [0.4, 0.5) is 0 Å². The summed E-state index contributed by atoms with van der Waals surface area (Å²) in [5.41, 5.74) is 1.07. The predicted octanol–water partition coefficient (Wildman–Crippen LogP) is 1.21. The molecule has 0 unspecified atom stereocenters. The molecule has 0 aliphatic rings. The highest BCUT2D eigenvalue weighted by atomic mass is 32.2. The van der Waals surface area contributed by atoms with Crippen LogP contribution < -0.4 is 0 Å². The molecule has 0 aliphatic heterocycles. The van der Waals surface area contributed by atoms with E-state index in [-0.39, 0.29) is 5.75 Å². The van der Waals surface area contributed by atoms with Crippen molar-refractivity contribution in [3.05, 3.63) is 35.9 Å². The molecule has 0 spiro atoms. The van der Waals surface area contributed by atoms with E-state index in [1.165, 1.54) is 11.8 Å². The third-order valence-corrected chi connectivity index (χ3v) is 3.27. The van der Waals surface area contributed by atoms with Crippen LogP contribution in [0.15, 0.2) is 29.7 Å². The van der Waals surface area contributed by atoms with Crippen molar-refractivity contribution < 1.29 is 9.90 Å². The zero-order chi connectivity index (χ0) is 13.0. The van der Waals surface area contributed by atoms with Gasteiger partial charge in [0.05, 0.1) is 12.3 Å². The van der Waals surface area contributed by atoms with Crippen LogP contribution >= 0.6 is 11.8 Å². The van der Waals surface area contributed by atoms with E-state index in [2.05, 4.69) is 15.2 Å². The Kier molecular flexibility index (Phi) is 3.93. The number of rotatable bonds is 5. The lowest BCUT2D eigenvalue weighted by molar-refractivity contribution is -0.133.